The summed E-state index contributed by atoms with van der Waals surface area (Å²) in [7, 11) is 0. The molecule has 0 saturated heterocycles. The lowest BCUT2D eigenvalue weighted by atomic mass is 9.97. The molecule has 1 aromatic heterocycles. The molecule has 0 aliphatic carbocycles. The van der Waals surface area contributed by atoms with Gasteiger partial charge >= 0.3 is 0 Å². The van der Waals surface area contributed by atoms with Crippen LogP contribution in [0.4, 0.5) is 11.4 Å². The smallest absolute Gasteiger partial charge is 0.0619 e. The van der Waals surface area contributed by atoms with Gasteiger partial charge in [0.2, 0.25) is 0 Å². The Morgan fingerprint density at radius 2 is 1.36 bits per heavy atom. The number of anilines is 2. The van der Waals surface area contributed by atoms with Gasteiger partial charge in [-0.25, -0.2) is 0 Å². The van der Waals surface area contributed by atoms with E-state index in [9.17, 15) is 0 Å². The molecule has 0 amide bonds. The Morgan fingerprint density at radius 3 is 2.22 bits per heavy atom. The van der Waals surface area contributed by atoms with Crippen molar-refractivity contribution in [1.82, 2.24) is 4.57 Å². The predicted octanol–water partition coefficient (Wildman–Crippen LogP) is 8.38. The van der Waals surface area contributed by atoms with Crippen LogP contribution >= 0.6 is 0 Å². The Kier molecular flexibility index (Phi) is 4.07. The van der Waals surface area contributed by atoms with E-state index in [2.05, 4.69) is 126 Å². The summed E-state index contributed by atoms with van der Waals surface area (Å²) in [6, 6.07) is 40.9. The van der Waals surface area contributed by atoms with E-state index < -0.39 is 0 Å². The first-order valence-electron chi connectivity index (χ1n) is 12.9. The Labute approximate surface area is 211 Å². The molecule has 1 atom stereocenters. The fraction of sp³-hybridized carbons (Fsp3) is 0.118. The number of rotatable bonds is 2. The number of aryl methyl sites for hydroxylation is 1. The van der Waals surface area contributed by atoms with Crippen LogP contribution in [0.5, 0.6) is 0 Å². The average Bonchev–Trinajstić information content (AvgIpc) is 3.56. The van der Waals surface area contributed by atoms with Gasteiger partial charge in [-0.15, -0.1) is 0 Å². The molecule has 2 aliphatic heterocycles. The summed E-state index contributed by atoms with van der Waals surface area (Å²) in [4.78, 5) is 2.58. The first-order valence-corrected chi connectivity index (χ1v) is 12.9. The molecule has 0 spiro atoms. The Morgan fingerprint density at radius 1 is 0.639 bits per heavy atom. The topological polar surface area (TPSA) is 8.17 Å². The normalized spacial score (nSPS) is 15.9. The molecule has 36 heavy (non-hydrogen) atoms. The van der Waals surface area contributed by atoms with Gasteiger partial charge in [-0.1, -0.05) is 78.4 Å². The molecule has 0 fully saturated rings. The van der Waals surface area contributed by atoms with Crippen LogP contribution in [0.3, 0.4) is 0 Å². The van der Waals surface area contributed by atoms with E-state index in [1.807, 2.05) is 0 Å². The highest BCUT2D eigenvalue weighted by molar-refractivity contribution is 6.13. The van der Waals surface area contributed by atoms with E-state index in [4.69, 9.17) is 0 Å². The number of nitrogens with zero attached hydrogens (tertiary/aromatic N) is 2. The monoisotopic (exact) mass is 462 g/mol. The molecule has 8 rings (SSSR count). The molecule has 6 aromatic rings. The van der Waals surface area contributed by atoms with Gasteiger partial charge < -0.3 is 9.47 Å². The molecule has 172 valence electrons. The highest BCUT2D eigenvalue weighted by Gasteiger charge is 2.37. The minimum atomic E-state index is 0.540. The van der Waals surface area contributed by atoms with Crippen LogP contribution in [0.15, 0.2) is 109 Å². The largest absolute Gasteiger partial charge is 0.337 e. The summed E-state index contributed by atoms with van der Waals surface area (Å²) < 4.78 is 2.43. The first kappa shape index (κ1) is 19.9. The second-order valence-electron chi connectivity index (χ2n) is 10.3. The number of benzene rings is 5. The van der Waals surface area contributed by atoms with Crippen LogP contribution < -0.4 is 4.90 Å². The van der Waals surface area contributed by atoms with Gasteiger partial charge in [0.25, 0.3) is 0 Å². The van der Waals surface area contributed by atoms with Crippen LogP contribution in [0.25, 0.3) is 38.6 Å². The average molecular weight is 463 g/mol. The third kappa shape index (κ3) is 2.73. The standard InChI is InChI=1S/C34H26N2/c1-22-14-16-31-24(18-22)20-27-21-25-19-23(15-17-32(25)35(27)31)28-11-7-12-30-29-10-5-6-13-33(29)36(34(28)30)26-8-3-2-4-9-26/h2-19,27H,20-21H2,1H3. The quantitative estimate of drug-likeness (QED) is 0.251. The van der Waals surface area contributed by atoms with Crippen molar-refractivity contribution in [3.8, 4) is 16.8 Å². The van der Waals surface area contributed by atoms with E-state index in [1.54, 1.807) is 0 Å². The Balaban J connectivity index is 1.33. The summed E-state index contributed by atoms with van der Waals surface area (Å²) in [6.45, 7) is 2.19. The van der Waals surface area contributed by atoms with Crippen molar-refractivity contribution in [1.29, 1.82) is 0 Å². The zero-order chi connectivity index (χ0) is 23.8. The molecule has 0 N–H and O–H groups in total. The lowest BCUT2D eigenvalue weighted by molar-refractivity contribution is 0.725. The fourth-order valence-electron chi connectivity index (χ4n) is 6.65. The Hall–Kier alpha value is -4.30. The molecule has 0 bridgehead atoms. The number of aromatic nitrogens is 1. The maximum Gasteiger partial charge on any atom is 0.0619 e. The predicted molar refractivity (Wildman–Crippen MR) is 151 cm³/mol. The van der Waals surface area contributed by atoms with Gasteiger partial charge in [-0.2, -0.15) is 0 Å². The van der Waals surface area contributed by atoms with Gasteiger partial charge in [0.15, 0.2) is 0 Å². The first-order chi connectivity index (χ1) is 17.8. The van der Waals surface area contributed by atoms with Crippen molar-refractivity contribution in [2.24, 2.45) is 0 Å². The van der Waals surface area contributed by atoms with Gasteiger partial charge in [0.05, 0.1) is 11.0 Å². The van der Waals surface area contributed by atoms with E-state index >= 15 is 0 Å². The fourth-order valence-corrected chi connectivity index (χ4v) is 6.65. The zero-order valence-electron chi connectivity index (χ0n) is 20.3. The summed E-state index contributed by atoms with van der Waals surface area (Å²) in [6.07, 6.45) is 2.24. The molecule has 5 aromatic carbocycles. The number of hydrogen-bond acceptors (Lipinski definition) is 1. The molecule has 2 nitrogen and oxygen atoms in total. The molecule has 2 heteroatoms. The van der Waals surface area contributed by atoms with E-state index in [1.165, 1.54) is 66.7 Å². The van der Waals surface area contributed by atoms with Crippen molar-refractivity contribution in [2.75, 3.05) is 4.90 Å². The Bertz CT molecular complexity index is 1810. The highest BCUT2D eigenvalue weighted by Crippen LogP contribution is 2.48. The van der Waals surface area contributed by atoms with Crippen molar-refractivity contribution >= 4 is 33.2 Å². The van der Waals surface area contributed by atoms with Crippen LogP contribution in [-0.2, 0) is 12.8 Å². The summed E-state index contributed by atoms with van der Waals surface area (Å²) in [5.74, 6) is 0. The minimum absolute atomic E-state index is 0.540. The van der Waals surface area contributed by atoms with E-state index in [0.29, 0.717) is 6.04 Å². The lowest BCUT2D eigenvalue weighted by Crippen LogP contribution is -2.22. The van der Waals surface area contributed by atoms with Gasteiger partial charge in [-0.3, -0.25) is 0 Å². The van der Waals surface area contributed by atoms with Crippen molar-refractivity contribution in [2.45, 2.75) is 25.8 Å². The zero-order valence-corrected chi connectivity index (χ0v) is 20.3. The van der Waals surface area contributed by atoms with Crippen LogP contribution in [0.1, 0.15) is 16.7 Å². The van der Waals surface area contributed by atoms with Crippen molar-refractivity contribution < 1.29 is 0 Å². The maximum absolute atomic E-state index is 2.58. The lowest BCUT2D eigenvalue weighted by Gasteiger charge is -2.20. The van der Waals surface area contributed by atoms with Crippen LogP contribution in [0.2, 0.25) is 0 Å². The highest BCUT2D eigenvalue weighted by atomic mass is 15.2. The van der Waals surface area contributed by atoms with Crippen LogP contribution in [0, 0.1) is 6.92 Å². The van der Waals surface area contributed by atoms with E-state index in [-0.39, 0.29) is 0 Å². The maximum atomic E-state index is 2.58. The molecule has 0 saturated carbocycles. The van der Waals surface area contributed by atoms with E-state index in [0.717, 1.165) is 12.8 Å². The minimum Gasteiger partial charge on any atom is -0.337 e. The molecular weight excluding hydrogens is 436 g/mol. The molecule has 0 radical (unpaired) electrons. The second kappa shape index (κ2) is 7.35. The van der Waals surface area contributed by atoms with Crippen molar-refractivity contribution in [3.05, 3.63) is 126 Å². The summed E-state index contributed by atoms with van der Waals surface area (Å²) in [5.41, 5.74) is 13.4. The summed E-state index contributed by atoms with van der Waals surface area (Å²) >= 11 is 0. The van der Waals surface area contributed by atoms with Crippen molar-refractivity contribution in [3.63, 3.8) is 0 Å². The SMILES string of the molecule is Cc1ccc2c(c1)CC1Cc3cc(-c4cccc5c6ccccc6n(-c6ccccc6)c45)ccc3N21. The van der Waals surface area contributed by atoms with Gasteiger partial charge in [-0.05, 0) is 72.9 Å². The number of para-hydroxylation sites is 3. The third-order valence-electron chi connectivity index (χ3n) is 8.13. The summed E-state index contributed by atoms with van der Waals surface area (Å²) in [5, 5.41) is 2.60. The molecule has 1 unspecified atom stereocenters. The van der Waals surface area contributed by atoms with Gasteiger partial charge in [0.1, 0.15) is 0 Å². The molecule has 2 aliphatic rings. The van der Waals surface area contributed by atoms with Crippen LogP contribution in [-0.4, -0.2) is 10.6 Å². The third-order valence-corrected chi connectivity index (χ3v) is 8.13. The second-order valence-corrected chi connectivity index (χ2v) is 10.3. The number of hydrogen-bond donors (Lipinski definition) is 0. The molecular formula is C34H26N2. The van der Waals surface area contributed by atoms with Gasteiger partial charge in [0, 0.05) is 39.4 Å². The number of fused-ring (bicyclic) bond motifs is 8. The molecule has 3 heterocycles.